The average Bonchev–Trinajstić information content (AvgIpc) is 2.51. The Balaban J connectivity index is 2.47. The highest BCUT2D eigenvalue weighted by atomic mass is 16.4. The van der Waals surface area contributed by atoms with Crippen molar-refractivity contribution in [3.63, 3.8) is 0 Å². The third-order valence-electron chi connectivity index (χ3n) is 4.67. The predicted octanol–water partition coefficient (Wildman–Crippen LogP) is 2.56. The Labute approximate surface area is 84.4 Å². The van der Waals surface area contributed by atoms with Crippen LogP contribution in [-0.4, -0.2) is 10.9 Å². The van der Waals surface area contributed by atoms with E-state index in [0.29, 0.717) is 12.3 Å². The van der Waals surface area contributed by atoms with Crippen molar-refractivity contribution in [2.75, 3.05) is 0 Å². The monoisotopic (exact) mass is 192 g/mol. The Morgan fingerprint density at radius 1 is 1.64 bits per heavy atom. The molecule has 0 aromatic heterocycles. The van der Waals surface area contributed by atoms with Crippen molar-refractivity contribution in [1.82, 2.24) is 0 Å². The van der Waals surface area contributed by atoms with Gasteiger partial charge in [0, 0.05) is 11.8 Å². The zero-order valence-corrected chi connectivity index (χ0v) is 8.75. The highest BCUT2D eigenvalue weighted by Gasteiger charge is 2.62. The summed E-state index contributed by atoms with van der Waals surface area (Å²) < 4.78 is 0. The normalized spacial score (nSPS) is 41.5. The molecule has 0 aromatic rings. The second kappa shape index (κ2) is 2.73. The lowest BCUT2D eigenvalue weighted by atomic mass is 9.67. The summed E-state index contributed by atoms with van der Waals surface area (Å²) >= 11 is 0. The quantitative estimate of drug-likeness (QED) is 0.512. The average molecular weight is 192 g/mol. The highest BCUT2D eigenvalue weighted by molar-refractivity contribution is 5.94. The first-order valence-electron chi connectivity index (χ1n) is 5.17. The minimum atomic E-state index is -0.138. The first-order valence-corrected chi connectivity index (χ1v) is 5.17. The van der Waals surface area contributed by atoms with Crippen LogP contribution in [0.2, 0.25) is 0 Å². The van der Waals surface area contributed by atoms with Gasteiger partial charge in [0.25, 0.3) is 0 Å². The van der Waals surface area contributed by atoms with E-state index in [4.69, 9.17) is 10.5 Å². The van der Waals surface area contributed by atoms with Gasteiger partial charge in [0.2, 0.25) is 0 Å². The Hall–Kier alpha value is -1.04. The molecular weight excluding hydrogens is 176 g/mol. The topological polar surface area (TPSA) is 56.4 Å². The smallest absolute Gasteiger partial charge is 0.0651 e. The van der Waals surface area contributed by atoms with Crippen LogP contribution < -0.4 is 0 Å². The van der Waals surface area contributed by atoms with Gasteiger partial charge in [-0.2, -0.15) is 5.26 Å². The van der Waals surface area contributed by atoms with Crippen LogP contribution in [-0.2, 0) is 0 Å². The molecule has 2 rings (SSSR count). The van der Waals surface area contributed by atoms with Crippen LogP contribution in [0.15, 0.2) is 5.16 Å². The van der Waals surface area contributed by atoms with E-state index in [9.17, 15) is 0 Å². The van der Waals surface area contributed by atoms with Crippen molar-refractivity contribution in [1.29, 1.82) is 5.26 Å². The van der Waals surface area contributed by atoms with Crippen molar-refractivity contribution in [2.45, 2.75) is 39.5 Å². The standard InChI is InChI=1S/C11H16N2O/c1-10(2)8-3-4-11(10,5-6-12)9(7-8)13-14/h8,14H,3-5,7H2,1-2H3. The summed E-state index contributed by atoms with van der Waals surface area (Å²) in [6.07, 6.45) is 3.56. The molecule has 1 N–H and O–H groups in total. The third-order valence-corrected chi connectivity index (χ3v) is 4.67. The third kappa shape index (κ3) is 0.841. The van der Waals surface area contributed by atoms with Gasteiger partial charge in [-0.3, -0.25) is 0 Å². The largest absolute Gasteiger partial charge is 0.411 e. The number of rotatable bonds is 1. The summed E-state index contributed by atoms with van der Waals surface area (Å²) in [7, 11) is 0. The minimum Gasteiger partial charge on any atom is -0.411 e. The number of nitrogens with zero attached hydrogens (tertiary/aromatic N) is 2. The molecule has 76 valence electrons. The van der Waals surface area contributed by atoms with Crippen molar-refractivity contribution in [2.24, 2.45) is 21.9 Å². The van der Waals surface area contributed by atoms with E-state index in [1.165, 1.54) is 6.42 Å². The van der Waals surface area contributed by atoms with Crippen LogP contribution in [0.3, 0.4) is 0 Å². The second-order valence-corrected chi connectivity index (χ2v) is 5.13. The van der Waals surface area contributed by atoms with Gasteiger partial charge in [0.1, 0.15) is 0 Å². The maximum absolute atomic E-state index is 8.99. The van der Waals surface area contributed by atoms with E-state index in [0.717, 1.165) is 18.6 Å². The Morgan fingerprint density at radius 2 is 2.36 bits per heavy atom. The lowest BCUT2D eigenvalue weighted by Gasteiger charge is -2.35. The zero-order chi connectivity index (χ0) is 10.4. The molecule has 3 heteroatoms. The van der Waals surface area contributed by atoms with Crippen molar-refractivity contribution in [3.8, 4) is 6.07 Å². The van der Waals surface area contributed by atoms with Gasteiger partial charge >= 0.3 is 0 Å². The van der Waals surface area contributed by atoms with E-state index in [-0.39, 0.29) is 10.8 Å². The fourth-order valence-corrected chi connectivity index (χ4v) is 3.49. The fraction of sp³-hybridized carbons (Fsp3) is 0.818. The summed E-state index contributed by atoms with van der Waals surface area (Å²) in [5.74, 6) is 0.599. The second-order valence-electron chi connectivity index (χ2n) is 5.13. The summed E-state index contributed by atoms with van der Waals surface area (Å²) in [4.78, 5) is 0. The maximum atomic E-state index is 8.99. The van der Waals surface area contributed by atoms with Crippen molar-refractivity contribution < 1.29 is 5.21 Å². The minimum absolute atomic E-state index is 0.129. The van der Waals surface area contributed by atoms with Crippen LogP contribution in [0.5, 0.6) is 0 Å². The molecule has 2 saturated carbocycles. The molecule has 14 heavy (non-hydrogen) atoms. The highest BCUT2D eigenvalue weighted by Crippen LogP contribution is 2.65. The SMILES string of the molecule is CC1(C)C2CCC1(CC#N)C(=NO)C2. The lowest BCUT2D eigenvalue weighted by molar-refractivity contribution is 0.176. The number of nitriles is 1. The van der Waals surface area contributed by atoms with Crippen LogP contribution in [0.25, 0.3) is 0 Å². The molecule has 0 radical (unpaired) electrons. The lowest BCUT2D eigenvalue weighted by Crippen LogP contribution is -2.35. The number of oxime groups is 1. The molecule has 0 amide bonds. The summed E-state index contributed by atoms with van der Waals surface area (Å²) in [5.41, 5.74) is 0.853. The van der Waals surface area contributed by atoms with E-state index in [1.54, 1.807) is 0 Å². The predicted molar refractivity (Wildman–Crippen MR) is 53.0 cm³/mol. The van der Waals surface area contributed by atoms with Gasteiger partial charge in [0.05, 0.1) is 11.8 Å². The van der Waals surface area contributed by atoms with Crippen LogP contribution >= 0.6 is 0 Å². The Kier molecular flexibility index (Phi) is 1.85. The molecule has 0 saturated heterocycles. The molecule has 0 aliphatic heterocycles. The van der Waals surface area contributed by atoms with Crippen molar-refractivity contribution >= 4 is 5.71 Å². The molecule has 0 aromatic carbocycles. The van der Waals surface area contributed by atoms with Gasteiger partial charge in [-0.25, -0.2) is 0 Å². The first kappa shape index (κ1) is 9.51. The Bertz CT molecular complexity index is 327. The van der Waals surface area contributed by atoms with Gasteiger partial charge < -0.3 is 5.21 Å². The maximum Gasteiger partial charge on any atom is 0.0651 e. The summed E-state index contributed by atoms with van der Waals surface area (Å²) in [5, 5.41) is 21.3. The zero-order valence-electron chi connectivity index (χ0n) is 8.75. The molecule has 0 spiro atoms. The molecule has 0 heterocycles. The van der Waals surface area contributed by atoms with Gasteiger partial charge in [0.15, 0.2) is 0 Å². The first-order chi connectivity index (χ1) is 6.58. The molecule has 2 atom stereocenters. The van der Waals surface area contributed by atoms with Gasteiger partial charge in [-0.1, -0.05) is 19.0 Å². The van der Waals surface area contributed by atoms with E-state index >= 15 is 0 Å². The van der Waals surface area contributed by atoms with Gasteiger partial charge in [-0.05, 0) is 30.6 Å². The van der Waals surface area contributed by atoms with E-state index in [1.807, 2.05) is 0 Å². The number of fused-ring (bicyclic) bond motifs is 2. The van der Waals surface area contributed by atoms with Gasteiger partial charge in [-0.15, -0.1) is 0 Å². The summed E-state index contributed by atoms with van der Waals surface area (Å²) in [6, 6.07) is 2.26. The molecule has 2 unspecified atom stereocenters. The Morgan fingerprint density at radius 3 is 2.86 bits per heavy atom. The molecule has 2 bridgehead atoms. The van der Waals surface area contributed by atoms with Crippen LogP contribution in [0.1, 0.15) is 39.5 Å². The molecule has 2 fully saturated rings. The van der Waals surface area contributed by atoms with Crippen LogP contribution in [0.4, 0.5) is 0 Å². The molecule has 2 aliphatic carbocycles. The van der Waals surface area contributed by atoms with Crippen molar-refractivity contribution in [3.05, 3.63) is 0 Å². The molecule has 3 nitrogen and oxygen atoms in total. The summed E-state index contributed by atoms with van der Waals surface area (Å²) in [6.45, 7) is 4.42. The number of hydrogen-bond donors (Lipinski definition) is 1. The van der Waals surface area contributed by atoms with Crippen LogP contribution in [0, 0.1) is 28.1 Å². The molecular formula is C11H16N2O. The number of hydrogen-bond acceptors (Lipinski definition) is 3. The fourth-order valence-electron chi connectivity index (χ4n) is 3.49. The van der Waals surface area contributed by atoms with E-state index in [2.05, 4.69) is 25.1 Å². The van der Waals surface area contributed by atoms with E-state index < -0.39 is 0 Å². The molecule has 2 aliphatic rings.